The van der Waals surface area contributed by atoms with Crippen LogP contribution in [0, 0.1) is 0 Å². The van der Waals surface area contributed by atoms with Crippen molar-refractivity contribution in [1.82, 2.24) is 4.90 Å². The zero-order chi connectivity index (χ0) is 21.7. The first-order valence-electron chi connectivity index (χ1n) is 9.29. The van der Waals surface area contributed by atoms with Gasteiger partial charge in [0.2, 0.25) is 17.7 Å². The van der Waals surface area contributed by atoms with Crippen LogP contribution in [0.1, 0.15) is 18.1 Å². The number of anilines is 2. The van der Waals surface area contributed by atoms with Gasteiger partial charge in [0.05, 0.1) is 20.6 Å². The van der Waals surface area contributed by atoms with Crippen molar-refractivity contribution < 1.29 is 23.9 Å². The number of hydrogen-bond donors (Lipinski definition) is 2. The van der Waals surface area contributed by atoms with E-state index < -0.39 is 0 Å². The van der Waals surface area contributed by atoms with Gasteiger partial charge in [-0.25, -0.2) is 0 Å². The predicted octanol–water partition coefficient (Wildman–Crippen LogP) is 2.66. The number of methoxy groups -OCH3 is 2. The van der Waals surface area contributed by atoms with E-state index in [2.05, 4.69) is 10.6 Å². The summed E-state index contributed by atoms with van der Waals surface area (Å²) in [7, 11) is 3.09. The highest BCUT2D eigenvalue weighted by atomic mass is 16.5. The molecule has 2 N–H and O–H groups in total. The lowest BCUT2D eigenvalue weighted by molar-refractivity contribution is -0.131. The average molecular weight is 409 g/mol. The topological polar surface area (TPSA) is 97.0 Å². The number of carbonyl (C=O) groups excluding carboxylic acids is 3. The lowest BCUT2D eigenvalue weighted by Gasteiger charge is -2.17. The largest absolute Gasteiger partial charge is 0.493 e. The summed E-state index contributed by atoms with van der Waals surface area (Å²) in [6.07, 6.45) is 3.49. The number of rotatable bonds is 6. The fraction of sp³-hybridized carbons (Fsp3) is 0.227. The highest BCUT2D eigenvalue weighted by Crippen LogP contribution is 2.32. The first-order chi connectivity index (χ1) is 14.4. The molecule has 30 heavy (non-hydrogen) atoms. The Morgan fingerprint density at radius 1 is 1.03 bits per heavy atom. The van der Waals surface area contributed by atoms with Crippen molar-refractivity contribution >= 4 is 35.2 Å². The van der Waals surface area contributed by atoms with Crippen LogP contribution in [0.15, 0.2) is 42.6 Å². The molecule has 0 saturated carbocycles. The highest BCUT2D eigenvalue weighted by Gasteiger charge is 2.21. The number of nitrogens with zero attached hydrogens (tertiary/aromatic N) is 1. The van der Waals surface area contributed by atoms with E-state index in [0.29, 0.717) is 22.9 Å². The molecule has 8 nitrogen and oxygen atoms in total. The Balaban J connectivity index is 1.70. The summed E-state index contributed by atoms with van der Waals surface area (Å²) in [4.78, 5) is 37.7. The smallest absolute Gasteiger partial charge is 0.244 e. The summed E-state index contributed by atoms with van der Waals surface area (Å²) in [5, 5.41) is 5.40. The van der Waals surface area contributed by atoms with Crippen molar-refractivity contribution in [3.63, 3.8) is 0 Å². The Hall–Kier alpha value is -3.81. The van der Waals surface area contributed by atoms with Gasteiger partial charge in [-0.2, -0.15) is 0 Å². The number of fused-ring (bicyclic) bond motifs is 1. The third-order valence-corrected chi connectivity index (χ3v) is 4.52. The Bertz CT molecular complexity index is 1020. The fourth-order valence-electron chi connectivity index (χ4n) is 3.14. The zero-order valence-electron chi connectivity index (χ0n) is 17.0. The van der Waals surface area contributed by atoms with Crippen molar-refractivity contribution in [1.29, 1.82) is 0 Å². The summed E-state index contributed by atoms with van der Waals surface area (Å²) in [6.45, 7) is 1.27. The first kappa shape index (κ1) is 20.9. The molecule has 0 bridgehead atoms. The van der Waals surface area contributed by atoms with Crippen molar-refractivity contribution in [3.05, 3.63) is 53.7 Å². The molecule has 2 aromatic carbocycles. The summed E-state index contributed by atoms with van der Waals surface area (Å²) < 4.78 is 10.6. The molecule has 0 aliphatic carbocycles. The second-order valence-electron chi connectivity index (χ2n) is 6.73. The van der Waals surface area contributed by atoms with E-state index in [1.807, 2.05) is 0 Å². The molecule has 0 atom stereocenters. The maximum absolute atomic E-state index is 12.7. The third-order valence-electron chi connectivity index (χ3n) is 4.52. The van der Waals surface area contributed by atoms with Crippen molar-refractivity contribution in [2.75, 3.05) is 31.4 Å². The number of carbonyl (C=O) groups is 3. The van der Waals surface area contributed by atoms with Crippen LogP contribution in [0.5, 0.6) is 11.5 Å². The molecular formula is C22H23N3O5. The molecule has 0 radical (unpaired) electrons. The SMILES string of the molecule is COc1cc2c(cc1OC)CC(=O)N(CC(=O)Nc1cccc(NC(C)=O)c1)C=C2. The minimum Gasteiger partial charge on any atom is -0.493 e. The van der Waals surface area contributed by atoms with Crippen LogP contribution < -0.4 is 20.1 Å². The van der Waals surface area contributed by atoms with Crippen molar-refractivity contribution in [2.45, 2.75) is 13.3 Å². The van der Waals surface area contributed by atoms with E-state index in [4.69, 9.17) is 9.47 Å². The second-order valence-corrected chi connectivity index (χ2v) is 6.73. The molecule has 0 aromatic heterocycles. The Morgan fingerprint density at radius 3 is 2.37 bits per heavy atom. The van der Waals surface area contributed by atoms with Crippen LogP contribution in [0.4, 0.5) is 11.4 Å². The molecular weight excluding hydrogens is 386 g/mol. The Labute approximate surface area is 174 Å². The summed E-state index contributed by atoms with van der Waals surface area (Å²) >= 11 is 0. The molecule has 3 rings (SSSR count). The Morgan fingerprint density at radius 2 is 1.70 bits per heavy atom. The molecule has 1 heterocycles. The summed E-state index contributed by atoms with van der Waals surface area (Å²) in [5.41, 5.74) is 2.71. The van der Waals surface area contributed by atoms with Gasteiger partial charge in [-0.3, -0.25) is 14.4 Å². The number of ether oxygens (including phenoxy) is 2. The van der Waals surface area contributed by atoms with E-state index in [0.717, 1.165) is 11.1 Å². The molecule has 1 aliphatic heterocycles. The maximum atomic E-state index is 12.7. The van der Waals surface area contributed by atoms with E-state index in [1.165, 1.54) is 18.9 Å². The van der Waals surface area contributed by atoms with Gasteiger partial charge in [-0.15, -0.1) is 0 Å². The molecule has 0 spiro atoms. The number of nitrogens with one attached hydrogen (secondary N) is 2. The van der Waals surface area contributed by atoms with E-state index in [1.54, 1.807) is 55.8 Å². The van der Waals surface area contributed by atoms with Gasteiger partial charge < -0.3 is 25.0 Å². The van der Waals surface area contributed by atoms with Crippen molar-refractivity contribution in [2.24, 2.45) is 0 Å². The normalized spacial score (nSPS) is 12.6. The molecule has 0 fully saturated rings. The molecule has 156 valence electrons. The predicted molar refractivity (Wildman–Crippen MR) is 113 cm³/mol. The maximum Gasteiger partial charge on any atom is 0.244 e. The van der Waals surface area contributed by atoms with E-state index in [9.17, 15) is 14.4 Å². The van der Waals surface area contributed by atoms with E-state index >= 15 is 0 Å². The van der Waals surface area contributed by atoms with Gasteiger partial charge in [0.15, 0.2) is 11.5 Å². The Kier molecular flexibility index (Phi) is 6.36. The molecule has 2 aromatic rings. The van der Waals surface area contributed by atoms with Gasteiger partial charge in [0.25, 0.3) is 0 Å². The first-order valence-corrected chi connectivity index (χ1v) is 9.29. The lowest BCUT2D eigenvalue weighted by Crippen LogP contribution is -2.34. The van der Waals surface area contributed by atoms with Crippen LogP contribution in [0.3, 0.4) is 0 Å². The van der Waals surface area contributed by atoms with Gasteiger partial charge in [0, 0.05) is 24.5 Å². The number of amides is 3. The van der Waals surface area contributed by atoms with Crippen LogP contribution in [0.2, 0.25) is 0 Å². The number of hydrogen-bond acceptors (Lipinski definition) is 5. The summed E-state index contributed by atoms with van der Waals surface area (Å²) in [6, 6.07) is 10.4. The number of benzene rings is 2. The van der Waals surface area contributed by atoms with E-state index in [-0.39, 0.29) is 30.7 Å². The minimum atomic E-state index is -0.353. The van der Waals surface area contributed by atoms with Crippen LogP contribution in [-0.2, 0) is 20.8 Å². The molecule has 3 amide bonds. The average Bonchev–Trinajstić information content (AvgIpc) is 2.85. The zero-order valence-corrected chi connectivity index (χ0v) is 17.0. The highest BCUT2D eigenvalue weighted by molar-refractivity contribution is 5.97. The minimum absolute atomic E-state index is 0.133. The van der Waals surface area contributed by atoms with Crippen LogP contribution >= 0.6 is 0 Å². The molecule has 8 heteroatoms. The van der Waals surface area contributed by atoms with Gasteiger partial charge in [0.1, 0.15) is 6.54 Å². The van der Waals surface area contributed by atoms with Gasteiger partial charge in [-0.05, 0) is 47.5 Å². The third kappa shape index (κ3) is 4.96. The van der Waals surface area contributed by atoms with Crippen LogP contribution in [-0.4, -0.2) is 43.4 Å². The molecule has 0 unspecified atom stereocenters. The van der Waals surface area contributed by atoms with Gasteiger partial charge >= 0.3 is 0 Å². The standard InChI is InChI=1S/C22H23N3O5/c1-14(26)23-17-5-4-6-18(12-17)24-21(27)13-25-8-7-15-9-19(29-2)20(30-3)10-16(15)11-22(25)28/h4-10,12H,11,13H2,1-3H3,(H,23,26)(H,24,27). The monoisotopic (exact) mass is 409 g/mol. The second kappa shape index (κ2) is 9.13. The lowest BCUT2D eigenvalue weighted by atomic mass is 10.0. The van der Waals surface area contributed by atoms with Crippen molar-refractivity contribution in [3.8, 4) is 11.5 Å². The molecule has 1 aliphatic rings. The fourth-order valence-corrected chi connectivity index (χ4v) is 3.14. The quantitative estimate of drug-likeness (QED) is 0.765. The van der Waals surface area contributed by atoms with Gasteiger partial charge in [-0.1, -0.05) is 6.07 Å². The van der Waals surface area contributed by atoms with Crippen LogP contribution in [0.25, 0.3) is 6.08 Å². The summed E-state index contributed by atoms with van der Waals surface area (Å²) in [5.74, 6) is 0.348. The molecule has 0 saturated heterocycles.